The van der Waals surface area contributed by atoms with E-state index in [-0.39, 0.29) is 10.6 Å². The number of sulfonamides is 1. The van der Waals surface area contributed by atoms with Gasteiger partial charge in [0.25, 0.3) is 15.7 Å². The summed E-state index contributed by atoms with van der Waals surface area (Å²) in [5.41, 5.74) is 1.96. The summed E-state index contributed by atoms with van der Waals surface area (Å²) >= 11 is 1.54. The van der Waals surface area contributed by atoms with E-state index < -0.39 is 14.9 Å². The highest BCUT2D eigenvalue weighted by Crippen LogP contribution is 2.24. The van der Waals surface area contributed by atoms with Crippen LogP contribution in [0, 0.1) is 17.0 Å². The van der Waals surface area contributed by atoms with Gasteiger partial charge >= 0.3 is 0 Å². The van der Waals surface area contributed by atoms with Crippen molar-refractivity contribution < 1.29 is 13.3 Å². The van der Waals surface area contributed by atoms with E-state index in [2.05, 4.69) is 9.71 Å². The van der Waals surface area contributed by atoms with Crippen LogP contribution in [0.15, 0.2) is 58.8 Å². The number of aromatic nitrogens is 1. The lowest BCUT2D eigenvalue weighted by Gasteiger charge is -2.08. The van der Waals surface area contributed by atoms with Crippen molar-refractivity contribution in [2.75, 3.05) is 4.72 Å². The summed E-state index contributed by atoms with van der Waals surface area (Å²) in [6, 6.07) is 11.6. The number of non-ortho nitro benzene ring substituents is 1. The Morgan fingerprint density at radius 1 is 1.08 bits per heavy atom. The highest BCUT2D eigenvalue weighted by molar-refractivity contribution is 7.92. The van der Waals surface area contributed by atoms with Crippen molar-refractivity contribution in [3.63, 3.8) is 0 Å². The zero-order chi connectivity index (χ0) is 18.0. The number of hydrogen-bond acceptors (Lipinski definition) is 6. The minimum absolute atomic E-state index is 0.0442. The number of thiazole rings is 1. The summed E-state index contributed by atoms with van der Waals surface area (Å²) in [4.78, 5) is 14.4. The molecule has 0 unspecified atom stereocenters. The van der Waals surface area contributed by atoms with Crippen LogP contribution in [-0.4, -0.2) is 18.3 Å². The molecule has 1 N–H and O–H groups in total. The Kier molecular flexibility index (Phi) is 4.51. The van der Waals surface area contributed by atoms with Crippen molar-refractivity contribution in [2.45, 2.75) is 11.8 Å². The zero-order valence-electron chi connectivity index (χ0n) is 13.0. The number of nitro benzene ring substituents is 1. The molecule has 3 aromatic rings. The average molecular weight is 375 g/mol. The number of aryl methyl sites for hydroxylation is 1. The second-order valence-corrected chi connectivity index (χ2v) is 7.93. The molecule has 0 amide bonds. The normalized spacial score (nSPS) is 11.2. The number of anilines is 1. The van der Waals surface area contributed by atoms with Crippen LogP contribution in [0.3, 0.4) is 0 Å². The van der Waals surface area contributed by atoms with Crippen molar-refractivity contribution in [1.29, 1.82) is 0 Å². The Labute approximate surface area is 148 Å². The summed E-state index contributed by atoms with van der Waals surface area (Å²) in [6.07, 6.45) is 0. The molecular weight excluding hydrogens is 362 g/mol. The number of nitro groups is 1. The van der Waals surface area contributed by atoms with Gasteiger partial charge in [0, 0.05) is 28.8 Å². The van der Waals surface area contributed by atoms with Crippen LogP contribution < -0.4 is 4.72 Å². The SMILES string of the molecule is Cc1nc(-c2ccc(NS(=O)(=O)c3ccc([N+](=O)[O-])cc3)cc2)cs1. The van der Waals surface area contributed by atoms with E-state index in [4.69, 9.17) is 0 Å². The smallest absolute Gasteiger partial charge is 0.269 e. The fourth-order valence-electron chi connectivity index (χ4n) is 2.17. The van der Waals surface area contributed by atoms with Gasteiger partial charge in [0.05, 0.1) is 20.5 Å². The van der Waals surface area contributed by atoms with Crippen molar-refractivity contribution in [3.8, 4) is 11.3 Å². The number of benzene rings is 2. The number of nitrogens with one attached hydrogen (secondary N) is 1. The quantitative estimate of drug-likeness (QED) is 0.539. The molecule has 9 heteroatoms. The first-order valence-corrected chi connectivity index (χ1v) is 9.51. The molecule has 0 aliphatic heterocycles. The molecule has 0 atom stereocenters. The lowest BCUT2D eigenvalue weighted by atomic mass is 10.1. The van der Waals surface area contributed by atoms with E-state index in [9.17, 15) is 18.5 Å². The van der Waals surface area contributed by atoms with E-state index in [1.54, 1.807) is 35.6 Å². The van der Waals surface area contributed by atoms with Gasteiger partial charge in [0.15, 0.2) is 0 Å². The van der Waals surface area contributed by atoms with Gasteiger partial charge in [-0.3, -0.25) is 14.8 Å². The fourth-order valence-corrected chi connectivity index (χ4v) is 3.85. The Hall–Kier alpha value is -2.78. The first-order valence-electron chi connectivity index (χ1n) is 7.15. The summed E-state index contributed by atoms with van der Waals surface area (Å²) in [7, 11) is -3.82. The molecule has 0 saturated carbocycles. The molecule has 1 heterocycles. The van der Waals surface area contributed by atoms with Gasteiger partial charge in [-0.1, -0.05) is 12.1 Å². The summed E-state index contributed by atoms with van der Waals surface area (Å²) < 4.78 is 27.2. The number of hydrogen-bond donors (Lipinski definition) is 1. The van der Waals surface area contributed by atoms with Crippen LogP contribution in [0.5, 0.6) is 0 Å². The lowest BCUT2D eigenvalue weighted by Crippen LogP contribution is -2.12. The van der Waals surface area contributed by atoms with Crippen LogP contribution in [0.2, 0.25) is 0 Å². The first-order chi connectivity index (χ1) is 11.8. The van der Waals surface area contributed by atoms with Gasteiger partial charge in [0.1, 0.15) is 0 Å². The molecule has 0 fully saturated rings. The van der Waals surface area contributed by atoms with E-state index >= 15 is 0 Å². The topological polar surface area (TPSA) is 102 Å². The zero-order valence-corrected chi connectivity index (χ0v) is 14.7. The van der Waals surface area contributed by atoms with E-state index in [0.29, 0.717) is 5.69 Å². The molecule has 3 rings (SSSR count). The van der Waals surface area contributed by atoms with Gasteiger partial charge in [-0.2, -0.15) is 0 Å². The highest BCUT2D eigenvalue weighted by atomic mass is 32.2. The molecule has 7 nitrogen and oxygen atoms in total. The maximum Gasteiger partial charge on any atom is 0.269 e. The molecule has 1 aromatic heterocycles. The molecule has 25 heavy (non-hydrogen) atoms. The van der Waals surface area contributed by atoms with Crippen molar-refractivity contribution >= 4 is 32.7 Å². The molecular formula is C16H13N3O4S2. The minimum Gasteiger partial charge on any atom is -0.280 e. The van der Waals surface area contributed by atoms with Crippen LogP contribution in [0.4, 0.5) is 11.4 Å². The van der Waals surface area contributed by atoms with E-state index in [1.165, 1.54) is 12.1 Å². The summed E-state index contributed by atoms with van der Waals surface area (Å²) in [6.45, 7) is 1.92. The Bertz CT molecular complexity index is 1010. The third-order valence-corrected chi connectivity index (χ3v) is 5.58. The molecule has 2 aromatic carbocycles. The average Bonchev–Trinajstić information content (AvgIpc) is 3.02. The summed E-state index contributed by atoms with van der Waals surface area (Å²) in [5, 5.41) is 13.5. The third-order valence-electron chi connectivity index (χ3n) is 3.41. The van der Waals surface area contributed by atoms with Crippen LogP contribution in [0.1, 0.15) is 5.01 Å². The molecule has 0 bridgehead atoms. The molecule has 0 radical (unpaired) electrons. The fraction of sp³-hybridized carbons (Fsp3) is 0.0625. The van der Waals surface area contributed by atoms with Gasteiger partial charge in [0.2, 0.25) is 0 Å². The van der Waals surface area contributed by atoms with Crippen molar-refractivity contribution in [1.82, 2.24) is 4.98 Å². The maximum atomic E-state index is 12.3. The minimum atomic E-state index is -3.82. The Morgan fingerprint density at radius 3 is 2.24 bits per heavy atom. The highest BCUT2D eigenvalue weighted by Gasteiger charge is 2.16. The van der Waals surface area contributed by atoms with E-state index in [1.807, 2.05) is 12.3 Å². The van der Waals surface area contributed by atoms with Crippen LogP contribution >= 0.6 is 11.3 Å². The van der Waals surface area contributed by atoms with Gasteiger partial charge in [-0.15, -0.1) is 11.3 Å². The van der Waals surface area contributed by atoms with Crippen molar-refractivity contribution in [3.05, 3.63) is 69.0 Å². The first kappa shape index (κ1) is 17.1. The second-order valence-electron chi connectivity index (χ2n) is 5.19. The molecule has 0 aliphatic carbocycles. The second kappa shape index (κ2) is 6.61. The largest absolute Gasteiger partial charge is 0.280 e. The molecule has 128 valence electrons. The Morgan fingerprint density at radius 2 is 1.72 bits per heavy atom. The van der Waals surface area contributed by atoms with Gasteiger partial charge in [-0.05, 0) is 31.2 Å². The van der Waals surface area contributed by atoms with Gasteiger partial charge in [-0.25, -0.2) is 13.4 Å². The van der Waals surface area contributed by atoms with E-state index in [0.717, 1.165) is 28.4 Å². The van der Waals surface area contributed by atoms with Gasteiger partial charge < -0.3 is 0 Å². The number of rotatable bonds is 5. The standard InChI is InChI=1S/C16H13N3O4S2/c1-11-17-16(10-24-11)12-2-4-13(5-3-12)18-25(22,23)15-8-6-14(7-9-15)19(20)21/h2-10,18H,1H3. The predicted molar refractivity (Wildman–Crippen MR) is 96.2 cm³/mol. The predicted octanol–water partition coefficient (Wildman–Crippen LogP) is 3.83. The van der Waals surface area contributed by atoms with Crippen LogP contribution in [-0.2, 0) is 10.0 Å². The summed E-state index contributed by atoms with van der Waals surface area (Å²) in [5.74, 6) is 0. The lowest BCUT2D eigenvalue weighted by molar-refractivity contribution is -0.384. The van der Waals surface area contributed by atoms with Crippen LogP contribution in [0.25, 0.3) is 11.3 Å². The molecule has 0 saturated heterocycles. The Balaban J connectivity index is 1.79. The number of nitrogens with zero attached hydrogens (tertiary/aromatic N) is 2. The van der Waals surface area contributed by atoms with Crippen molar-refractivity contribution in [2.24, 2.45) is 0 Å². The molecule has 0 aliphatic rings. The maximum absolute atomic E-state index is 12.3. The molecule has 0 spiro atoms. The monoisotopic (exact) mass is 375 g/mol. The third kappa shape index (κ3) is 3.83.